The molecule has 1 aromatic carbocycles. The minimum Gasteiger partial charge on any atom is -0.313 e. The zero-order chi connectivity index (χ0) is 11.8. The molecule has 1 N–H and O–H groups in total. The number of nitrogens with zero attached hydrogens (tertiary/aromatic N) is 1. The van der Waals surface area contributed by atoms with E-state index in [0.717, 1.165) is 0 Å². The van der Waals surface area contributed by atoms with Crippen molar-refractivity contribution in [2.75, 3.05) is 0 Å². The van der Waals surface area contributed by atoms with Crippen LogP contribution in [0.15, 0.2) is 29.3 Å². The van der Waals surface area contributed by atoms with Gasteiger partial charge in [0.25, 0.3) is 11.2 Å². The molecule has 0 aliphatic heterocycles. The smallest absolute Gasteiger partial charge is 0.262 e. The number of hydrogen-bond acceptors (Lipinski definition) is 2. The lowest BCUT2D eigenvalue weighted by atomic mass is 10.1. The van der Waals surface area contributed by atoms with Crippen LogP contribution < -0.4 is 5.56 Å². The molecule has 2 rings (SSSR count). The summed E-state index contributed by atoms with van der Waals surface area (Å²) >= 11 is 0. The Balaban J connectivity index is 2.52. The summed E-state index contributed by atoms with van der Waals surface area (Å²) in [6, 6.07) is 4.56. The number of benzene rings is 1. The van der Waals surface area contributed by atoms with E-state index in [4.69, 9.17) is 0 Å². The van der Waals surface area contributed by atoms with E-state index in [1.807, 2.05) is 0 Å². The fraction of sp³-hybridized carbons (Fsp3) is 0.200. The van der Waals surface area contributed by atoms with Crippen LogP contribution in [0.1, 0.15) is 5.56 Å². The molecule has 0 fully saturated rings. The number of nitrogens with one attached hydrogen (secondary N) is 1. The molecule has 16 heavy (non-hydrogen) atoms. The molecule has 0 aliphatic rings. The van der Waals surface area contributed by atoms with Crippen LogP contribution in [0.25, 0.3) is 10.9 Å². The van der Waals surface area contributed by atoms with Crippen molar-refractivity contribution in [3.8, 4) is 0 Å². The number of aromatic amines is 1. The monoisotopic (exact) mass is 242 g/mol. The third kappa shape index (κ3) is 2.42. The fourth-order valence-corrected chi connectivity index (χ4v) is 1.73. The maximum absolute atomic E-state index is 12.8. The molecule has 0 saturated carbocycles. The summed E-state index contributed by atoms with van der Waals surface area (Å²) in [4.78, 5) is 17.7. The van der Waals surface area contributed by atoms with Crippen molar-refractivity contribution >= 4 is 20.1 Å². The third-order valence-corrected chi connectivity index (χ3v) is 2.35. The van der Waals surface area contributed by atoms with Crippen molar-refractivity contribution in [2.45, 2.75) is 12.1 Å². The van der Waals surface area contributed by atoms with Crippen LogP contribution in [0.2, 0.25) is 0 Å². The molecule has 0 saturated heterocycles. The number of halogens is 2. The zero-order valence-corrected chi connectivity index (χ0v) is 9.36. The van der Waals surface area contributed by atoms with Crippen LogP contribution in [0.4, 0.5) is 8.78 Å². The molecule has 0 aliphatic carbocycles. The minimum atomic E-state index is -2.86. The van der Waals surface area contributed by atoms with Gasteiger partial charge in [0.2, 0.25) is 0 Å². The second-order valence-electron chi connectivity index (χ2n) is 3.52. The summed E-state index contributed by atoms with van der Waals surface area (Å²) in [5, 5.41) is 0.328. The topological polar surface area (TPSA) is 45.8 Å². The quantitative estimate of drug-likeness (QED) is 0.818. The van der Waals surface area contributed by atoms with Gasteiger partial charge in [0.05, 0.1) is 17.2 Å². The van der Waals surface area contributed by atoms with Crippen LogP contribution in [0.3, 0.4) is 0 Å². The van der Waals surface area contributed by atoms with Crippen molar-refractivity contribution in [1.29, 1.82) is 0 Å². The van der Waals surface area contributed by atoms with Crippen LogP contribution in [0.5, 0.6) is 0 Å². The summed E-state index contributed by atoms with van der Waals surface area (Å²) in [5.74, 6) is 0. The number of aromatic nitrogens is 2. The Hall–Kier alpha value is -1.35. The van der Waals surface area contributed by atoms with Crippen molar-refractivity contribution in [3.05, 3.63) is 40.4 Å². The van der Waals surface area contributed by atoms with E-state index in [1.165, 1.54) is 21.6 Å². The number of rotatable bonds is 2. The lowest BCUT2D eigenvalue weighted by Crippen LogP contribution is -2.11. The molecule has 1 atom stereocenters. The molecule has 0 bridgehead atoms. The van der Waals surface area contributed by atoms with Gasteiger partial charge < -0.3 is 4.98 Å². The third-order valence-electron chi connectivity index (χ3n) is 2.14. The Morgan fingerprint density at radius 3 is 2.88 bits per heavy atom. The highest BCUT2D eigenvalue weighted by molar-refractivity contribution is 7.18. The van der Waals surface area contributed by atoms with Crippen LogP contribution in [0, 0.1) is 0 Å². The fourth-order valence-electron chi connectivity index (χ4n) is 1.50. The Kier molecular flexibility index (Phi) is 2.72. The normalized spacial score (nSPS) is 11.9. The van der Waals surface area contributed by atoms with E-state index in [1.54, 1.807) is 12.1 Å². The predicted molar refractivity (Wildman–Crippen MR) is 60.7 cm³/mol. The molecular weight excluding hydrogens is 233 g/mol. The average molecular weight is 242 g/mol. The van der Waals surface area contributed by atoms with E-state index in [0.29, 0.717) is 16.5 Å². The summed E-state index contributed by atoms with van der Waals surface area (Å²) in [6.45, 7) is 0. The van der Waals surface area contributed by atoms with Crippen LogP contribution in [-0.2, 0) is 6.42 Å². The first-order chi connectivity index (χ1) is 7.46. The highest BCUT2D eigenvalue weighted by Gasteiger charge is 2.21. The van der Waals surface area contributed by atoms with Crippen LogP contribution in [-0.4, -0.2) is 15.6 Å². The molecule has 0 radical (unpaired) electrons. The largest absolute Gasteiger partial charge is 0.313 e. The molecule has 6 heteroatoms. The Morgan fingerprint density at radius 2 is 2.19 bits per heavy atom. The number of fused-ring (bicyclic) bond motifs is 1. The van der Waals surface area contributed by atoms with Gasteiger partial charge >= 0.3 is 0 Å². The van der Waals surface area contributed by atoms with Gasteiger partial charge in [-0.05, 0) is 17.7 Å². The van der Waals surface area contributed by atoms with Gasteiger partial charge in [-0.2, -0.15) is 0 Å². The van der Waals surface area contributed by atoms with Gasteiger partial charge in [-0.15, -0.1) is 0 Å². The molecule has 0 spiro atoms. The van der Waals surface area contributed by atoms with E-state index in [2.05, 4.69) is 9.97 Å². The number of H-pyrrole nitrogens is 1. The second kappa shape index (κ2) is 3.91. The molecule has 1 aromatic heterocycles. The highest BCUT2D eigenvalue weighted by atomic mass is 31.0. The Labute approximate surface area is 92.1 Å². The summed E-state index contributed by atoms with van der Waals surface area (Å²) in [5.41, 5.74) is -2.27. The van der Waals surface area contributed by atoms with E-state index < -0.39 is 12.1 Å². The van der Waals surface area contributed by atoms with Crippen molar-refractivity contribution < 1.29 is 8.78 Å². The maximum atomic E-state index is 12.8. The first-order valence-corrected chi connectivity index (χ1v) is 5.16. The molecule has 2 aromatic rings. The van der Waals surface area contributed by atoms with E-state index >= 15 is 0 Å². The molecule has 1 heterocycles. The maximum Gasteiger partial charge on any atom is 0.262 e. The second-order valence-corrected chi connectivity index (χ2v) is 4.37. The van der Waals surface area contributed by atoms with Gasteiger partial charge in [-0.3, -0.25) is 4.79 Å². The summed E-state index contributed by atoms with van der Waals surface area (Å²) < 4.78 is 25.5. The van der Waals surface area contributed by atoms with Crippen molar-refractivity contribution in [1.82, 2.24) is 9.97 Å². The molecule has 1 unspecified atom stereocenters. The Bertz CT molecular complexity index is 577. The molecule has 3 nitrogen and oxygen atoms in total. The lowest BCUT2D eigenvalue weighted by molar-refractivity contribution is 0.105. The van der Waals surface area contributed by atoms with Gasteiger partial charge in [0, 0.05) is 6.42 Å². The molecule has 84 valence electrons. The lowest BCUT2D eigenvalue weighted by Gasteiger charge is -2.09. The van der Waals surface area contributed by atoms with Crippen LogP contribution >= 0.6 is 9.24 Å². The summed E-state index contributed by atoms with van der Waals surface area (Å²) in [7, 11) is 1.48. The standard InChI is InChI=1S/C10H9F2N2OP/c11-10(12,16)4-6-1-2-8-7(3-6)9(15)14-5-13-8/h1-3,5H,4,16H2,(H,13,14,15). The van der Waals surface area contributed by atoms with E-state index in [9.17, 15) is 13.6 Å². The van der Waals surface area contributed by atoms with Crippen molar-refractivity contribution in [3.63, 3.8) is 0 Å². The van der Waals surface area contributed by atoms with Gasteiger partial charge in [0.15, 0.2) is 0 Å². The van der Waals surface area contributed by atoms with Gasteiger partial charge in [-0.25, -0.2) is 13.8 Å². The molecular formula is C10H9F2N2OP. The van der Waals surface area contributed by atoms with E-state index in [-0.39, 0.29) is 5.56 Å². The predicted octanol–water partition coefficient (Wildman–Crippen LogP) is 1.93. The SMILES string of the molecule is O=c1[nH]cnc2ccc(CC(F)(F)P)cc12. The number of alkyl halides is 2. The first kappa shape index (κ1) is 11.1. The van der Waals surface area contributed by atoms with Crippen molar-refractivity contribution in [2.24, 2.45) is 0 Å². The minimum absolute atomic E-state index is 0.320. The zero-order valence-electron chi connectivity index (χ0n) is 8.21. The van der Waals surface area contributed by atoms with Gasteiger partial charge in [-0.1, -0.05) is 15.3 Å². The van der Waals surface area contributed by atoms with Gasteiger partial charge in [0.1, 0.15) is 0 Å². The highest BCUT2D eigenvalue weighted by Crippen LogP contribution is 2.27. The summed E-state index contributed by atoms with van der Waals surface area (Å²) in [6.07, 6.45) is 0.872. The Morgan fingerprint density at radius 1 is 1.44 bits per heavy atom. The molecule has 0 amide bonds. The first-order valence-electron chi connectivity index (χ1n) is 4.59. The number of hydrogen-bond donors (Lipinski definition) is 1. The average Bonchev–Trinajstić information content (AvgIpc) is 2.17.